The van der Waals surface area contributed by atoms with E-state index in [-0.39, 0.29) is 46.0 Å². The van der Waals surface area contributed by atoms with Crippen molar-refractivity contribution in [3.05, 3.63) is 46.5 Å². The zero-order valence-electron chi connectivity index (χ0n) is 12.4. The molecule has 0 unspecified atom stereocenters. The summed E-state index contributed by atoms with van der Waals surface area (Å²) in [6.07, 6.45) is 1.50. The van der Waals surface area contributed by atoms with Crippen molar-refractivity contribution in [2.45, 2.75) is 25.4 Å². The molecule has 0 saturated carbocycles. The van der Waals surface area contributed by atoms with Crippen LogP contribution in [0.4, 0.5) is 0 Å². The van der Waals surface area contributed by atoms with Crippen molar-refractivity contribution in [3.8, 4) is 23.0 Å². The van der Waals surface area contributed by atoms with Gasteiger partial charge in [-0.1, -0.05) is 6.07 Å². The highest BCUT2D eigenvalue weighted by Gasteiger charge is 2.34. The molecule has 1 atom stereocenters. The Morgan fingerprint density at radius 1 is 0.913 bits per heavy atom. The third-order valence-electron chi connectivity index (χ3n) is 4.84. The molecule has 122 valence electrons. The first kappa shape index (κ1) is 16.0. The fourth-order valence-electron chi connectivity index (χ4n) is 3.65. The molecule has 2 aromatic carbocycles. The summed E-state index contributed by atoms with van der Waals surface area (Å²) in [5, 5.41) is 39.2. The van der Waals surface area contributed by atoms with Gasteiger partial charge in [-0.15, -0.1) is 17.0 Å². The molecule has 0 spiro atoms. The number of nitrogens with zero attached hydrogens (tertiary/aromatic N) is 1. The second kappa shape index (κ2) is 5.62. The monoisotopic (exact) mass is 379 g/mol. The average molecular weight is 380 g/mol. The Bertz CT molecular complexity index is 778. The second-order valence-electron chi connectivity index (χ2n) is 6.05. The van der Waals surface area contributed by atoms with Gasteiger partial charge in [0.25, 0.3) is 0 Å². The minimum absolute atomic E-state index is 0. The summed E-state index contributed by atoms with van der Waals surface area (Å²) in [6, 6.07) is 6.77. The standard InChI is InChI=1S/C17H17NO4.BrH/c19-14-2-1-9-5-13-11-7-16(21)15(20)6-10(11)3-4-18(13)8-12(9)17(14)22;/h1-2,6-7,13,19-22H,3-5,8H2;1H/t13-;/m1./s1. The first-order valence-electron chi connectivity index (χ1n) is 7.36. The van der Waals surface area contributed by atoms with Gasteiger partial charge in [0, 0.05) is 24.7 Å². The lowest BCUT2D eigenvalue weighted by molar-refractivity contribution is 0.157. The van der Waals surface area contributed by atoms with Crippen molar-refractivity contribution in [1.82, 2.24) is 4.90 Å². The van der Waals surface area contributed by atoms with Gasteiger partial charge in [-0.25, -0.2) is 0 Å². The van der Waals surface area contributed by atoms with Crippen LogP contribution >= 0.6 is 17.0 Å². The molecule has 0 fully saturated rings. The maximum Gasteiger partial charge on any atom is 0.162 e. The summed E-state index contributed by atoms with van der Waals surface area (Å²) in [5.41, 5.74) is 3.88. The summed E-state index contributed by atoms with van der Waals surface area (Å²) in [6.45, 7) is 1.39. The molecule has 0 aromatic heterocycles. The number of hydrogen-bond acceptors (Lipinski definition) is 5. The molecule has 23 heavy (non-hydrogen) atoms. The van der Waals surface area contributed by atoms with Gasteiger partial charge in [0.2, 0.25) is 0 Å². The maximum atomic E-state index is 10.1. The highest BCUT2D eigenvalue weighted by molar-refractivity contribution is 8.93. The molecule has 0 saturated heterocycles. The average Bonchev–Trinajstić information content (AvgIpc) is 2.51. The topological polar surface area (TPSA) is 84.2 Å². The number of phenolic OH excluding ortho intramolecular Hbond substituents is 4. The Hall–Kier alpha value is -1.92. The quantitative estimate of drug-likeness (QED) is 0.529. The highest BCUT2D eigenvalue weighted by atomic mass is 79.9. The van der Waals surface area contributed by atoms with Crippen LogP contribution in [0.5, 0.6) is 23.0 Å². The van der Waals surface area contributed by atoms with E-state index in [0.717, 1.165) is 35.2 Å². The lowest BCUT2D eigenvalue weighted by Crippen LogP contribution is -2.39. The number of aromatic hydroxyl groups is 4. The first-order valence-corrected chi connectivity index (χ1v) is 7.36. The van der Waals surface area contributed by atoms with Crippen LogP contribution in [0.2, 0.25) is 0 Å². The lowest BCUT2D eigenvalue weighted by Gasteiger charge is -2.41. The smallest absolute Gasteiger partial charge is 0.162 e. The van der Waals surface area contributed by atoms with E-state index in [4.69, 9.17) is 0 Å². The predicted octanol–water partition coefficient (Wildman–Crippen LogP) is 2.74. The molecule has 2 aliphatic rings. The van der Waals surface area contributed by atoms with Gasteiger partial charge in [-0.05, 0) is 47.7 Å². The van der Waals surface area contributed by atoms with Gasteiger partial charge in [0.15, 0.2) is 23.0 Å². The van der Waals surface area contributed by atoms with Crippen LogP contribution in [-0.4, -0.2) is 31.9 Å². The molecule has 2 aliphatic heterocycles. The van der Waals surface area contributed by atoms with E-state index in [1.807, 2.05) is 6.07 Å². The van der Waals surface area contributed by atoms with E-state index < -0.39 is 0 Å². The summed E-state index contributed by atoms with van der Waals surface area (Å²) in [7, 11) is 0. The lowest BCUT2D eigenvalue weighted by atomic mass is 9.83. The van der Waals surface area contributed by atoms with Gasteiger partial charge in [0.05, 0.1) is 0 Å². The molecule has 4 rings (SSSR count). The Morgan fingerprint density at radius 2 is 1.65 bits per heavy atom. The number of halogens is 1. The molecule has 0 amide bonds. The Labute approximate surface area is 144 Å². The minimum Gasteiger partial charge on any atom is -0.504 e. The van der Waals surface area contributed by atoms with E-state index in [9.17, 15) is 20.4 Å². The zero-order valence-corrected chi connectivity index (χ0v) is 14.1. The normalized spacial score (nSPS) is 19.2. The number of hydrogen-bond donors (Lipinski definition) is 4. The van der Waals surface area contributed by atoms with Crippen LogP contribution in [0.25, 0.3) is 0 Å². The van der Waals surface area contributed by atoms with Gasteiger partial charge in [0.1, 0.15) is 0 Å². The van der Waals surface area contributed by atoms with Crippen molar-refractivity contribution in [2.24, 2.45) is 0 Å². The summed E-state index contributed by atoms with van der Waals surface area (Å²) in [5.74, 6) is -0.293. The van der Waals surface area contributed by atoms with Gasteiger partial charge in [-0.2, -0.15) is 0 Å². The van der Waals surface area contributed by atoms with Crippen LogP contribution < -0.4 is 0 Å². The predicted molar refractivity (Wildman–Crippen MR) is 90.4 cm³/mol. The molecule has 0 aliphatic carbocycles. The molecule has 6 heteroatoms. The molecule has 5 nitrogen and oxygen atoms in total. The van der Waals surface area contributed by atoms with Crippen molar-refractivity contribution in [2.75, 3.05) is 6.54 Å². The zero-order chi connectivity index (χ0) is 15.4. The van der Waals surface area contributed by atoms with Gasteiger partial charge >= 0.3 is 0 Å². The third-order valence-corrected chi connectivity index (χ3v) is 4.84. The largest absolute Gasteiger partial charge is 0.504 e. The second-order valence-corrected chi connectivity index (χ2v) is 6.05. The van der Waals surface area contributed by atoms with Crippen LogP contribution in [0, 0.1) is 0 Å². The van der Waals surface area contributed by atoms with Crippen LogP contribution in [0.15, 0.2) is 24.3 Å². The highest BCUT2D eigenvalue weighted by Crippen LogP contribution is 2.44. The number of rotatable bonds is 0. The summed E-state index contributed by atoms with van der Waals surface area (Å²) in [4.78, 5) is 2.24. The molecule has 2 aromatic rings. The number of fused-ring (bicyclic) bond motifs is 4. The van der Waals surface area contributed by atoms with E-state index in [0.29, 0.717) is 13.0 Å². The third kappa shape index (κ3) is 2.42. The summed E-state index contributed by atoms with van der Waals surface area (Å²) >= 11 is 0. The Balaban J connectivity index is 0.00000156. The summed E-state index contributed by atoms with van der Waals surface area (Å²) < 4.78 is 0. The molecular weight excluding hydrogens is 362 g/mol. The fourth-order valence-corrected chi connectivity index (χ4v) is 3.65. The van der Waals surface area contributed by atoms with Gasteiger partial charge in [-0.3, -0.25) is 4.90 Å². The number of benzene rings is 2. The van der Waals surface area contributed by atoms with E-state index in [1.54, 1.807) is 12.1 Å². The van der Waals surface area contributed by atoms with E-state index in [2.05, 4.69) is 4.90 Å². The number of phenols is 4. The first-order chi connectivity index (χ1) is 10.5. The molecule has 0 radical (unpaired) electrons. The SMILES string of the molecule is Br.Oc1cc2c(cc1O)[C@H]1Cc3ccc(O)c(O)c3CN1CC2. The molecular formula is C17H18BrNO4. The maximum absolute atomic E-state index is 10.1. The van der Waals surface area contributed by atoms with Gasteiger partial charge < -0.3 is 20.4 Å². The van der Waals surface area contributed by atoms with Crippen molar-refractivity contribution in [3.63, 3.8) is 0 Å². The van der Waals surface area contributed by atoms with E-state index >= 15 is 0 Å². The fraction of sp³-hybridized carbons (Fsp3) is 0.294. The van der Waals surface area contributed by atoms with Crippen LogP contribution in [-0.2, 0) is 19.4 Å². The van der Waals surface area contributed by atoms with Crippen LogP contribution in [0.3, 0.4) is 0 Å². The van der Waals surface area contributed by atoms with Crippen molar-refractivity contribution in [1.29, 1.82) is 0 Å². The van der Waals surface area contributed by atoms with Crippen LogP contribution in [0.1, 0.15) is 28.3 Å². The van der Waals surface area contributed by atoms with E-state index in [1.165, 1.54) is 6.07 Å². The Kier molecular flexibility index (Phi) is 3.90. The van der Waals surface area contributed by atoms with Crippen molar-refractivity contribution < 1.29 is 20.4 Å². The van der Waals surface area contributed by atoms with Crippen molar-refractivity contribution >= 4 is 17.0 Å². The minimum atomic E-state index is -0.0973. The Morgan fingerprint density at radius 3 is 2.43 bits per heavy atom. The molecule has 0 bridgehead atoms. The molecule has 4 N–H and O–H groups in total. The molecule has 2 heterocycles.